The van der Waals surface area contributed by atoms with Crippen LogP contribution in [-0.2, 0) is 0 Å². The second-order valence-electron chi connectivity index (χ2n) is 4.84. The highest BCUT2D eigenvalue weighted by molar-refractivity contribution is 6.30. The van der Waals surface area contributed by atoms with Crippen LogP contribution in [0.15, 0.2) is 36.4 Å². The third-order valence-corrected chi connectivity index (χ3v) is 3.82. The fourth-order valence-corrected chi connectivity index (χ4v) is 2.64. The van der Waals surface area contributed by atoms with Gasteiger partial charge in [-0.15, -0.1) is 0 Å². The quantitative estimate of drug-likeness (QED) is 0.906. The average Bonchev–Trinajstić information content (AvgIpc) is 2.51. The molecule has 0 spiro atoms. The average molecular weight is 306 g/mol. The zero-order chi connectivity index (χ0) is 15.4. The molecule has 0 bridgehead atoms. The topological polar surface area (TPSA) is 30.5 Å². The second-order valence-corrected chi connectivity index (χ2v) is 5.27. The molecular weight excluding hydrogens is 286 g/mol. The summed E-state index contributed by atoms with van der Waals surface area (Å²) in [5.74, 6) is 1.44. The first-order chi connectivity index (χ1) is 10.1. The van der Waals surface area contributed by atoms with Crippen LogP contribution in [0.1, 0.15) is 22.7 Å². The van der Waals surface area contributed by atoms with E-state index in [0.29, 0.717) is 0 Å². The number of halogens is 1. The number of ether oxygens (including phenoxy) is 2. The zero-order valence-electron chi connectivity index (χ0n) is 12.7. The van der Waals surface area contributed by atoms with Gasteiger partial charge in [0.1, 0.15) is 0 Å². The summed E-state index contributed by atoms with van der Waals surface area (Å²) in [6, 6.07) is 11.9. The van der Waals surface area contributed by atoms with Crippen molar-refractivity contribution >= 4 is 11.6 Å². The van der Waals surface area contributed by atoms with Crippen molar-refractivity contribution in [3.05, 3.63) is 58.1 Å². The van der Waals surface area contributed by atoms with Gasteiger partial charge in [-0.2, -0.15) is 0 Å². The van der Waals surface area contributed by atoms with Gasteiger partial charge in [0.2, 0.25) is 0 Å². The Bertz CT molecular complexity index is 628. The van der Waals surface area contributed by atoms with Gasteiger partial charge in [0.25, 0.3) is 0 Å². The first kappa shape index (κ1) is 15.7. The minimum atomic E-state index is 0.0449. The number of rotatable bonds is 5. The van der Waals surface area contributed by atoms with Crippen LogP contribution < -0.4 is 14.8 Å². The lowest BCUT2D eigenvalue weighted by Crippen LogP contribution is -2.18. The van der Waals surface area contributed by atoms with E-state index in [0.717, 1.165) is 27.6 Å². The van der Waals surface area contributed by atoms with Gasteiger partial charge in [-0.25, -0.2) is 0 Å². The van der Waals surface area contributed by atoms with E-state index in [1.807, 2.05) is 43.4 Å². The highest BCUT2D eigenvalue weighted by atomic mass is 35.5. The van der Waals surface area contributed by atoms with Gasteiger partial charge in [0.05, 0.1) is 20.3 Å². The normalized spacial score (nSPS) is 12.0. The van der Waals surface area contributed by atoms with Gasteiger partial charge in [-0.3, -0.25) is 0 Å². The van der Waals surface area contributed by atoms with Crippen LogP contribution in [0.5, 0.6) is 11.5 Å². The van der Waals surface area contributed by atoms with Gasteiger partial charge in [0, 0.05) is 5.02 Å². The van der Waals surface area contributed by atoms with Crippen LogP contribution in [0.3, 0.4) is 0 Å². The van der Waals surface area contributed by atoms with Crippen molar-refractivity contribution in [1.29, 1.82) is 0 Å². The molecule has 0 radical (unpaired) electrons. The van der Waals surface area contributed by atoms with E-state index in [4.69, 9.17) is 21.1 Å². The van der Waals surface area contributed by atoms with Crippen molar-refractivity contribution in [3.8, 4) is 11.5 Å². The third kappa shape index (κ3) is 3.31. The summed E-state index contributed by atoms with van der Waals surface area (Å²) in [7, 11) is 5.20. The Morgan fingerprint density at radius 3 is 2.33 bits per heavy atom. The largest absolute Gasteiger partial charge is 0.493 e. The molecular formula is C17H20ClNO2. The van der Waals surface area contributed by atoms with Crippen LogP contribution >= 0.6 is 11.6 Å². The Kier molecular flexibility index (Phi) is 5.10. The molecule has 2 aromatic carbocycles. The Labute approximate surface area is 130 Å². The molecule has 112 valence electrons. The van der Waals surface area contributed by atoms with E-state index in [1.165, 1.54) is 5.56 Å². The van der Waals surface area contributed by atoms with Gasteiger partial charge in [0.15, 0.2) is 11.5 Å². The lowest BCUT2D eigenvalue weighted by Gasteiger charge is -2.21. The third-order valence-electron chi connectivity index (χ3n) is 3.58. The number of hydrogen-bond acceptors (Lipinski definition) is 3. The monoisotopic (exact) mass is 305 g/mol. The van der Waals surface area contributed by atoms with Crippen LogP contribution in [0.25, 0.3) is 0 Å². The highest BCUT2D eigenvalue weighted by Crippen LogP contribution is 2.33. The molecule has 1 unspecified atom stereocenters. The predicted molar refractivity (Wildman–Crippen MR) is 86.6 cm³/mol. The van der Waals surface area contributed by atoms with E-state index in [2.05, 4.69) is 12.2 Å². The molecule has 1 atom stereocenters. The van der Waals surface area contributed by atoms with Crippen molar-refractivity contribution in [2.24, 2.45) is 0 Å². The Morgan fingerprint density at radius 1 is 1.00 bits per heavy atom. The van der Waals surface area contributed by atoms with E-state index >= 15 is 0 Å². The summed E-state index contributed by atoms with van der Waals surface area (Å²) in [4.78, 5) is 0. The van der Waals surface area contributed by atoms with Crippen molar-refractivity contribution in [2.75, 3.05) is 21.3 Å². The molecule has 2 rings (SSSR count). The number of hydrogen-bond donors (Lipinski definition) is 1. The van der Waals surface area contributed by atoms with Gasteiger partial charge in [-0.05, 0) is 54.9 Å². The maximum atomic E-state index is 6.14. The van der Waals surface area contributed by atoms with Gasteiger partial charge in [-0.1, -0.05) is 23.7 Å². The van der Waals surface area contributed by atoms with E-state index in [-0.39, 0.29) is 6.04 Å². The summed E-state index contributed by atoms with van der Waals surface area (Å²) < 4.78 is 10.7. The molecule has 0 fully saturated rings. The van der Waals surface area contributed by atoms with Crippen LogP contribution in [-0.4, -0.2) is 21.3 Å². The number of methoxy groups -OCH3 is 2. The predicted octanol–water partition coefficient (Wildman–Crippen LogP) is 3.97. The molecule has 0 saturated carbocycles. The molecule has 3 nitrogen and oxygen atoms in total. The minimum Gasteiger partial charge on any atom is -0.493 e. The van der Waals surface area contributed by atoms with Crippen LogP contribution in [0.2, 0.25) is 5.02 Å². The molecule has 0 aromatic heterocycles. The Balaban J connectivity index is 2.48. The minimum absolute atomic E-state index is 0.0449. The fourth-order valence-electron chi connectivity index (χ4n) is 2.46. The summed E-state index contributed by atoms with van der Waals surface area (Å²) in [6.45, 7) is 2.08. The Morgan fingerprint density at radius 2 is 1.71 bits per heavy atom. The summed E-state index contributed by atoms with van der Waals surface area (Å²) in [5, 5.41) is 4.07. The standard InChI is InChI=1S/C17H20ClNO2/c1-11-5-7-13(18)10-14(11)17(19-2)12-6-8-15(20-3)16(9-12)21-4/h5-10,17,19H,1-4H3. The first-order valence-electron chi connectivity index (χ1n) is 6.76. The maximum Gasteiger partial charge on any atom is 0.161 e. The molecule has 1 N–H and O–H groups in total. The summed E-state index contributed by atoms with van der Waals surface area (Å²) >= 11 is 6.14. The molecule has 0 heterocycles. The summed E-state index contributed by atoms with van der Waals surface area (Å²) in [5.41, 5.74) is 3.44. The van der Waals surface area contributed by atoms with E-state index in [1.54, 1.807) is 14.2 Å². The maximum absolute atomic E-state index is 6.14. The molecule has 0 saturated heterocycles. The summed E-state index contributed by atoms with van der Waals surface area (Å²) in [6.07, 6.45) is 0. The van der Waals surface area contributed by atoms with E-state index in [9.17, 15) is 0 Å². The number of benzene rings is 2. The smallest absolute Gasteiger partial charge is 0.161 e. The Hall–Kier alpha value is -1.71. The molecule has 2 aromatic rings. The molecule has 0 aliphatic carbocycles. The lowest BCUT2D eigenvalue weighted by atomic mass is 9.95. The first-order valence-corrected chi connectivity index (χ1v) is 7.13. The molecule has 21 heavy (non-hydrogen) atoms. The zero-order valence-corrected chi connectivity index (χ0v) is 13.5. The van der Waals surface area contributed by atoms with Crippen molar-refractivity contribution in [2.45, 2.75) is 13.0 Å². The second kappa shape index (κ2) is 6.83. The molecule has 0 aliphatic rings. The fraction of sp³-hybridized carbons (Fsp3) is 0.294. The molecule has 0 aliphatic heterocycles. The van der Waals surface area contributed by atoms with Crippen molar-refractivity contribution in [1.82, 2.24) is 5.32 Å². The lowest BCUT2D eigenvalue weighted by molar-refractivity contribution is 0.354. The molecule has 4 heteroatoms. The van der Waals surface area contributed by atoms with Gasteiger partial charge >= 0.3 is 0 Å². The highest BCUT2D eigenvalue weighted by Gasteiger charge is 2.17. The van der Waals surface area contributed by atoms with Crippen molar-refractivity contribution in [3.63, 3.8) is 0 Å². The van der Waals surface area contributed by atoms with Crippen LogP contribution in [0.4, 0.5) is 0 Å². The molecule has 0 amide bonds. The van der Waals surface area contributed by atoms with Crippen LogP contribution in [0, 0.1) is 6.92 Å². The SMILES string of the molecule is CNC(c1ccc(OC)c(OC)c1)c1cc(Cl)ccc1C. The van der Waals surface area contributed by atoms with Gasteiger partial charge < -0.3 is 14.8 Å². The number of aryl methyl sites for hydroxylation is 1. The van der Waals surface area contributed by atoms with E-state index < -0.39 is 0 Å². The van der Waals surface area contributed by atoms with Crippen molar-refractivity contribution < 1.29 is 9.47 Å². The number of nitrogens with one attached hydrogen (secondary N) is 1.